The summed E-state index contributed by atoms with van der Waals surface area (Å²) in [5.41, 5.74) is 3.04. The van der Waals surface area contributed by atoms with Crippen LogP contribution in [0.5, 0.6) is 0 Å². The molecule has 0 aromatic heterocycles. The average molecular weight is 259 g/mol. The first kappa shape index (κ1) is 13.1. The second-order valence-corrected chi connectivity index (χ2v) is 5.96. The first-order valence-electron chi connectivity index (χ1n) is 7.79. The molecule has 1 N–H and O–H groups in total. The van der Waals surface area contributed by atoms with Gasteiger partial charge in [-0.05, 0) is 49.8 Å². The van der Waals surface area contributed by atoms with Crippen molar-refractivity contribution in [3.8, 4) is 0 Å². The molecule has 1 saturated carbocycles. The molecule has 3 rings (SSSR count). The van der Waals surface area contributed by atoms with Crippen molar-refractivity contribution < 1.29 is 4.74 Å². The van der Waals surface area contributed by atoms with E-state index >= 15 is 0 Å². The first-order valence-corrected chi connectivity index (χ1v) is 7.79. The normalized spacial score (nSPS) is 29.6. The molecular formula is C17H25NO. The van der Waals surface area contributed by atoms with Crippen molar-refractivity contribution in [2.24, 2.45) is 0 Å². The van der Waals surface area contributed by atoms with Gasteiger partial charge in [0.25, 0.3) is 0 Å². The van der Waals surface area contributed by atoms with Crippen LogP contribution in [0.3, 0.4) is 0 Å². The molecule has 0 radical (unpaired) electrons. The maximum Gasteiger partial charge on any atom is 0.0576 e. The van der Waals surface area contributed by atoms with Crippen LogP contribution in [-0.4, -0.2) is 25.3 Å². The van der Waals surface area contributed by atoms with Gasteiger partial charge in [-0.1, -0.05) is 31.2 Å². The molecule has 0 aliphatic heterocycles. The van der Waals surface area contributed by atoms with E-state index in [1.165, 1.54) is 43.2 Å². The number of ether oxygens (including phenoxy) is 1. The Bertz CT molecular complexity index is 409. The summed E-state index contributed by atoms with van der Waals surface area (Å²) >= 11 is 0. The minimum atomic E-state index is 0.502. The number of rotatable bonds is 5. The largest absolute Gasteiger partial charge is 0.378 e. The van der Waals surface area contributed by atoms with Crippen LogP contribution >= 0.6 is 0 Å². The third-order valence-corrected chi connectivity index (χ3v) is 4.66. The SMILES string of the molecule is CCNC1CCC(OCC2Cc3ccccc32)CC1. The Morgan fingerprint density at radius 2 is 1.95 bits per heavy atom. The molecule has 2 aliphatic rings. The van der Waals surface area contributed by atoms with Gasteiger partial charge in [-0.15, -0.1) is 0 Å². The summed E-state index contributed by atoms with van der Waals surface area (Å²) in [4.78, 5) is 0. The molecule has 0 saturated heterocycles. The highest BCUT2D eigenvalue weighted by atomic mass is 16.5. The van der Waals surface area contributed by atoms with Gasteiger partial charge in [0, 0.05) is 12.0 Å². The molecule has 1 aromatic rings. The summed E-state index contributed by atoms with van der Waals surface area (Å²) in [5.74, 6) is 0.655. The van der Waals surface area contributed by atoms with Gasteiger partial charge in [0.15, 0.2) is 0 Å². The van der Waals surface area contributed by atoms with E-state index in [1.54, 1.807) is 0 Å². The van der Waals surface area contributed by atoms with Crippen molar-refractivity contribution in [3.63, 3.8) is 0 Å². The summed E-state index contributed by atoms with van der Waals surface area (Å²) in [7, 11) is 0. The second-order valence-electron chi connectivity index (χ2n) is 5.96. The highest BCUT2D eigenvalue weighted by Gasteiger charge is 2.27. The number of hydrogen-bond acceptors (Lipinski definition) is 2. The standard InChI is InChI=1S/C17H25NO/c1-2-18-15-7-9-16(10-8-15)19-12-14-11-13-5-3-4-6-17(13)14/h3-6,14-16,18H,2,7-12H2,1H3. The molecule has 2 aliphatic carbocycles. The highest BCUT2D eigenvalue weighted by Crippen LogP contribution is 2.35. The zero-order valence-corrected chi connectivity index (χ0v) is 11.9. The van der Waals surface area contributed by atoms with E-state index in [0.717, 1.165) is 19.2 Å². The number of benzene rings is 1. The van der Waals surface area contributed by atoms with E-state index in [1.807, 2.05) is 0 Å². The smallest absolute Gasteiger partial charge is 0.0576 e. The number of fused-ring (bicyclic) bond motifs is 1. The van der Waals surface area contributed by atoms with Crippen LogP contribution in [-0.2, 0) is 11.2 Å². The quantitative estimate of drug-likeness (QED) is 0.876. The zero-order valence-electron chi connectivity index (χ0n) is 11.9. The lowest BCUT2D eigenvalue weighted by Gasteiger charge is -2.33. The average Bonchev–Trinajstić information content (AvgIpc) is 2.42. The molecule has 0 heterocycles. The molecule has 1 fully saturated rings. The van der Waals surface area contributed by atoms with Gasteiger partial charge < -0.3 is 10.1 Å². The van der Waals surface area contributed by atoms with Crippen molar-refractivity contribution in [2.45, 2.75) is 57.1 Å². The van der Waals surface area contributed by atoms with Crippen LogP contribution in [0, 0.1) is 0 Å². The Labute approximate surface area is 116 Å². The minimum Gasteiger partial charge on any atom is -0.378 e. The van der Waals surface area contributed by atoms with Crippen LogP contribution in [0.1, 0.15) is 49.7 Å². The molecule has 0 bridgehead atoms. The lowest BCUT2D eigenvalue weighted by molar-refractivity contribution is 0.0119. The molecule has 19 heavy (non-hydrogen) atoms. The van der Waals surface area contributed by atoms with E-state index in [0.29, 0.717) is 12.0 Å². The van der Waals surface area contributed by atoms with Crippen molar-refractivity contribution in [3.05, 3.63) is 35.4 Å². The summed E-state index contributed by atoms with van der Waals surface area (Å²) in [5, 5.41) is 3.55. The summed E-state index contributed by atoms with van der Waals surface area (Å²) in [6, 6.07) is 9.52. The van der Waals surface area contributed by atoms with Crippen LogP contribution in [0.25, 0.3) is 0 Å². The Morgan fingerprint density at radius 3 is 2.68 bits per heavy atom. The second kappa shape index (κ2) is 6.06. The van der Waals surface area contributed by atoms with Crippen molar-refractivity contribution in [1.82, 2.24) is 5.32 Å². The van der Waals surface area contributed by atoms with Crippen molar-refractivity contribution >= 4 is 0 Å². The Morgan fingerprint density at radius 1 is 1.16 bits per heavy atom. The lowest BCUT2D eigenvalue weighted by Crippen LogP contribution is -2.36. The molecule has 104 valence electrons. The summed E-state index contributed by atoms with van der Waals surface area (Å²) in [6.45, 7) is 4.21. The lowest BCUT2D eigenvalue weighted by atomic mass is 9.78. The van der Waals surface area contributed by atoms with E-state index in [4.69, 9.17) is 4.74 Å². The molecular weight excluding hydrogens is 234 g/mol. The molecule has 1 aromatic carbocycles. The monoisotopic (exact) mass is 259 g/mol. The van der Waals surface area contributed by atoms with Gasteiger partial charge in [0.2, 0.25) is 0 Å². The molecule has 1 unspecified atom stereocenters. The van der Waals surface area contributed by atoms with Crippen molar-refractivity contribution in [2.75, 3.05) is 13.2 Å². The van der Waals surface area contributed by atoms with Crippen LogP contribution in [0.2, 0.25) is 0 Å². The maximum atomic E-state index is 6.14. The van der Waals surface area contributed by atoms with E-state index < -0.39 is 0 Å². The molecule has 2 heteroatoms. The number of hydrogen-bond donors (Lipinski definition) is 1. The van der Waals surface area contributed by atoms with Crippen molar-refractivity contribution in [1.29, 1.82) is 0 Å². The van der Waals surface area contributed by atoms with Gasteiger partial charge in [-0.3, -0.25) is 0 Å². The van der Waals surface area contributed by atoms with Gasteiger partial charge in [0.1, 0.15) is 0 Å². The fourth-order valence-corrected chi connectivity index (χ4v) is 3.49. The first-order chi connectivity index (χ1) is 9.36. The van der Waals surface area contributed by atoms with Gasteiger partial charge >= 0.3 is 0 Å². The van der Waals surface area contributed by atoms with Crippen LogP contribution < -0.4 is 5.32 Å². The topological polar surface area (TPSA) is 21.3 Å². The van der Waals surface area contributed by atoms with E-state index in [2.05, 4.69) is 36.5 Å². The number of nitrogens with one attached hydrogen (secondary N) is 1. The highest BCUT2D eigenvalue weighted by molar-refractivity contribution is 5.39. The zero-order chi connectivity index (χ0) is 13.1. The van der Waals surface area contributed by atoms with Gasteiger partial charge in [-0.2, -0.15) is 0 Å². The molecule has 0 spiro atoms. The summed E-state index contributed by atoms with van der Waals surface area (Å²) < 4.78 is 6.14. The predicted molar refractivity (Wildman–Crippen MR) is 78.6 cm³/mol. The third-order valence-electron chi connectivity index (χ3n) is 4.66. The molecule has 1 atom stereocenters. The fourth-order valence-electron chi connectivity index (χ4n) is 3.49. The Hall–Kier alpha value is -0.860. The van der Waals surface area contributed by atoms with Gasteiger partial charge in [0.05, 0.1) is 12.7 Å². The predicted octanol–water partition coefficient (Wildman–Crippen LogP) is 3.26. The minimum absolute atomic E-state index is 0.502. The maximum absolute atomic E-state index is 6.14. The third kappa shape index (κ3) is 3.01. The Kier molecular flexibility index (Phi) is 4.19. The molecule has 2 nitrogen and oxygen atoms in total. The molecule has 0 amide bonds. The van der Waals surface area contributed by atoms with E-state index in [9.17, 15) is 0 Å². The van der Waals surface area contributed by atoms with Crippen LogP contribution in [0.15, 0.2) is 24.3 Å². The van der Waals surface area contributed by atoms with Gasteiger partial charge in [-0.25, -0.2) is 0 Å². The van der Waals surface area contributed by atoms with Crippen LogP contribution in [0.4, 0.5) is 0 Å². The fraction of sp³-hybridized carbons (Fsp3) is 0.647. The van der Waals surface area contributed by atoms with E-state index in [-0.39, 0.29) is 0 Å². The summed E-state index contributed by atoms with van der Waals surface area (Å²) in [6.07, 6.45) is 6.73. The Balaban J connectivity index is 1.40.